The van der Waals surface area contributed by atoms with Crippen molar-refractivity contribution in [3.8, 4) is 11.5 Å². The van der Waals surface area contributed by atoms with E-state index in [9.17, 15) is 4.79 Å². The highest BCUT2D eigenvalue weighted by Crippen LogP contribution is 2.32. The van der Waals surface area contributed by atoms with Crippen LogP contribution in [0.1, 0.15) is 12.0 Å². The summed E-state index contributed by atoms with van der Waals surface area (Å²) in [6, 6.07) is 6.02. The molecule has 114 valence electrons. The normalized spacial score (nSPS) is 19.5. The number of rotatable bonds is 5. The minimum Gasteiger partial charge on any atom is -0.454 e. The molecule has 1 atom stereocenters. The quantitative estimate of drug-likeness (QED) is 0.620. The number of nitrogens with one attached hydrogen (secondary N) is 4. The second-order valence-corrected chi connectivity index (χ2v) is 5.13. The first-order valence-electron chi connectivity index (χ1n) is 7.20. The molecule has 7 heteroatoms. The molecule has 2 aliphatic heterocycles. The molecule has 7 nitrogen and oxygen atoms in total. The van der Waals surface area contributed by atoms with Gasteiger partial charge < -0.3 is 20.1 Å². The van der Waals surface area contributed by atoms with Gasteiger partial charge in [0.1, 0.15) is 0 Å². The lowest BCUT2D eigenvalue weighted by molar-refractivity contribution is 0.174. The van der Waals surface area contributed by atoms with Gasteiger partial charge in [0.15, 0.2) is 11.5 Å². The monoisotopic (exact) mass is 292 g/mol. The summed E-state index contributed by atoms with van der Waals surface area (Å²) in [5.41, 5.74) is 7.25. The van der Waals surface area contributed by atoms with Gasteiger partial charge in [-0.3, -0.25) is 10.9 Å². The third-order valence-corrected chi connectivity index (χ3v) is 3.57. The van der Waals surface area contributed by atoms with Crippen LogP contribution in [0.25, 0.3) is 0 Å². The second kappa shape index (κ2) is 6.64. The number of hydrazine groups is 1. The molecule has 0 radical (unpaired) electrons. The third kappa shape index (κ3) is 3.77. The number of benzene rings is 1. The molecular formula is C14H20N4O3. The number of ether oxygens (including phenoxy) is 2. The average molecular weight is 292 g/mol. The number of carbonyl (C=O) groups is 1. The largest absolute Gasteiger partial charge is 0.454 e. The van der Waals surface area contributed by atoms with Crippen LogP contribution < -0.4 is 31.0 Å². The number of hydrogen-bond donors (Lipinski definition) is 4. The Hall–Kier alpha value is -1.99. The van der Waals surface area contributed by atoms with Crippen LogP contribution >= 0.6 is 0 Å². The van der Waals surface area contributed by atoms with E-state index in [4.69, 9.17) is 9.47 Å². The van der Waals surface area contributed by atoms with E-state index >= 15 is 0 Å². The SMILES string of the molecule is O=C(NCCc1ccc2c(c1)OCO2)NCC1CCNN1. The van der Waals surface area contributed by atoms with Crippen LogP contribution in [-0.4, -0.2) is 38.5 Å². The maximum Gasteiger partial charge on any atom is 0.314 e. The van der Waals surface area contributed by atoms with Crippen LogP contribution in [0.5, 0.6) is 11.5 Å². The zero-order chi connectivity index (χ0) is 14.5. The standard InChI is InChI=1S/C14H20N4O3/c19-14(16-8-11-4-6-17-18-11)15-5-3-10-1-2-12-13(7-10)21-9-20-12/h1-2,7,11,17-18H,3-6,8-9H2,(H2,15,16,19). The lowest BCUT2D eigenvalue weighted by Crippen LogP contribution is -2.44. The topological polar surface area (TPSA) is 83.7 Å². The van der Waals surface area contributed by atoms with Crippen LogP contribution in [0, 0.1) is 0 Å². The lowest BCUT2D eigenvalue weighted by Gasteiger charge is -2.12. The van der Waals surface area contributed by atoms with Crippen molar-refractivity contribution < 1.29 is 14.3 Å². The van der Waals surface area contributed by atoms with Crippen molar-refractivity contribution in [1.82, 2.24) is 21.5 Å². The Labute approximate surface area is 123 Å². The Morgan fingerprint density at radius 2 is 2.19 bits per heavy atom. The molecule has 1 aromatic carbocycles. The van der Waals surface area contributed by atoms with E-state index < -0.39 is 0 Å². The predicted octanol–water partition coefficient (Wildman–Crippen LogP) is 0.124. The van der Waals surface area contributed by atoms with Crippen molar-refractivity contribution in [2.24, 2.45) is 0 Å². The van der Waals surface area contributed by atoms with Crippen LogP contribution in [0.2, 0.25) is 0 Å². The summed E-state index contributed by atoms with van der Waals surface area (Å²) in [6.07, 6.45) is 1.78. The summed E-state index contributed by atoms with van der Waals surface area (Å²) >= 11 is 0. The highest BCUT2D eigenvalue weighted by Gasteiger charge is 2.15. The molecule has 21 heavy (non-hydrogen) atoms. The highest BCUT2D eigenvalue weighted by atomic mass is 16.7. The number of hydrogen-bond acceptors (Lipinski definition) is 5. The van der Waals surface area contributed by atoms with Crippen molar-refractivity contribution in [3.63, 3.8) is 0 Å². The molecule has 3 rings (SSSR count). The number of carbonyl (C=O) groups excluding carboxylic acids is 1. The van der Waals surface area contributed by atoms with E-state index in [1.54, 1.807) is 0 Å². The molecule has 2 aliphatic rings. The first-order chi connectivity index (χ1) is 10.3. The molecule has 1 unspecified atom stereocenters. The summed E-state index contributed by atoms with van der Waals surface area (Å²) in [5.74, 6) is 1.55. The Kier molecular flexibility index (Phi) is 4.42. The molecule has 0 saturated carbocycles. The van der Waals surface area contributed by atoms with Gasteiger partial charge in [-0.05, 0) is 30.5 Å². The molecular weight excluding hydrogens is 272 g/mol. The molecule has 0 aliphatic carbocycles. The van der Waals surface area contributed by atoms with Crippen LogP contribution in [0.3, 0.4) is 0 Å². The maximum atomic E-state index is 11.7. The molecule has 0 bridgehead atoms. The number of fused-ring (bicyclic) bond motifs is 1. The summed E-state index contributed by atoms with van der Waals surface area (Å²) in [4.78, 5) is 11.7. The van der Waals surface area contributed by atoms with Gasteiger partial charge in [0.25, 0.3) is 0 Å². The minimum absolute atomic E-state index is 0.135. The van der Waals surface area contributed by atoms with Crippen molar-refractivity contribution in [2.45, 2.75) is 18.9 Å². The van der Waals surface area contributed by atoms with Crippen LogP contribution in [-0.2, 0) is 6.42 Å². The highest BCUT2D eigenvalue weighted by molar-refractivity contribution is 5.73. The summed E-state index contributed by atoms with van der Waals surface area (Å²) in [5, 5.41) is 5.71. The Balaban J connectivity index is 1.36. The van der Waals surface area contributed by atoms with E-state index in [2.05, 4.69) is 21.5 Å². The van der Waals surface area contributed by atoms with Gasteiger partial charge in [-0.15, -0.1) is 0 Å². The summed E-state index contributed by atoms with van der Waals surface area (Å²) in [7, 11) is 0. The van der Waals surface area contributed by atoms with E-state index in [0.29, 0.717) is 19.1 Å². The van der Waals surface area contributed by atoms with Crippen molar-refractivity contribution in [3.05, 3.63) is 23.8 Å². The fourth-order valence-electron chi connectivity index (χ4n) is 2.38. The van der Waals surface area contributed by atoms with Gasteiger partial charge in [0, 0.05) is 25.7 Å². The molecule has 2 amide bonds. The lowest BCUT2D eigenvalue weighted by atomic mass is 10.1. The molecule has 4 N–H and O–H groups in total. The first kappa shape index (κ1) is 14.0. The van der Waals surface area contributed by atoms with Gasteiger partial charge >= 0.3 is 6.03 Å². The first-order valence-corrected chi connectivity index (χ1v) is 7.20. The molecule has 2 heterocycles. The maximum absolute atomic E-state index is 11.7. The zero-order valence-corrected chi connectivity index (χ0v) is 11.8. The average Bonchev–Trinajstić information content (AvgIpc) is 3.16. The van der Waals surface area contributed by atoms with E-state index in [1.807, 2.05) is 18.2 Å². The van der Waals surface area contributed by atoms with Gasteiger partial charge in [0.2, 0.25) is 6.79 Å². The molecule has 1 saturated heterocycles. The summed E-state index contributed by atoms with van der Waals surface area (Å²) in [6.45, 7) is 2.44. The number of urea groups is 1. The second-order valence-electron chi connectivity index (χ2n) is 5.13. The molecule has 1 fully saturated rings. The van der Waals surface area contributed by atoms with Gasteiger partial charge in [-0.25, -0.2) is 4.79 Å². The van der Waals surface area contributed by atoms with Crippen molar-refractivity contribution >= 4 is 6.03 Å². The van der Waals surface area contributed by atoms with Gasteiger partial charge in [0.05, 0.1) is 0 Å². The smallest absolute Gasteiger partial charge is 0.314 e. The van der Waals surface area contributed by atoms with E-state index in [-0.39, 0.29) is 12.8 Å². The Morgan fingerprint density at radius 1 is 1.29 bits per heavy atom. The minimum atomic E-state index is -0.135. The van der Waals surface area contributed by atoms with Crippen LogP contribution in [0.4, 0.5) is 4.79 Å². The van der Waals surface area contributed by atoms with Crippen molar-refractivity contribution in [2.75, 3.05) is 26.4 Å². The van der Waals surface area contributed by atoms with Gasteiger partial charge in [-0.2, -0.15) is 0 Å². The molecule has 1 aromatic rings. The fraction of sp³-hybridized carbons (Fsp3) is 0.500. The van der Waals surface area contributed by atoms with Crippen LogP contribution in [0.15, 0.2) is 18.2 Å². The Bertz CT molecular complexity index is 503. The number of amides is 2. The zero-order valence-electron chi connectivity index (χ0n) is 11.8. The summed E-state index contributed by atoms with van der Waals surface area (Å²) < 4.78 is 10.6. The van der Waals surface area contributed by atoms with E-state index in [0.717, 1.165) is 36.4 Å². The Morgan fingerprint density at radius 3 is 3.05 bits per heavy atom. The fourth-order valence-corrected chi connectivity index (χ4v) is 2.38. The molecule has 0 aromatic heterocycles. The van der Waals surface area contributed by atoms with E-state index in [1.165, 1.54) is 0 Å². The van der Waals surface area contributed by atoms with Gasteiger partial charge in [-0.1, -0.05) is 6.07 Å². The third-order valence-electron chi connectivity index (χ3n) is 3.57. The van der Waals surface area contributed by atoms with Crippen molar-refractivity contribution in [1.29, 1.82) is 0 Å². The molecule has 0 spiro atoms. The predicted molar refractivity (Wildman–Crippen MR) is 77.2 cm³/mol.